The molecule has 2 spiro atoms. The Morgan fingerprint density at radius 3 is 2.62 bits per heavy atom. The van der Waals surface area contributed by atoms with E-state index in [4.69, 9.17) is 20.3 Å². The number of alkyl halides is 2. The van der Waals surface area contributed by atoms with Crippen molar-refractivity contribution in [2.75, 3.05) is 7.05 Å². The topological polar surface area (TPSA) is 83.9 Å². The SMILES string of the molecule is CN1O[C@]2(N=C1N)c1cc(-c3cccc(C#N)c3)ccc1CC21CCC(OC(F)F)CC1. The van der Waals surface area contributed by atoms with Gasteiger partial charge in [-0.2, -0.15) is 14.0 Å². The predicted molar refractivity (Wildman–Crippen MR) is 114 cm³/mol. The van der Waals surface area contributed by atoms with Crippen molar-refractivity contribution in [3.8, 4) is 17.2 Å². The molecule has 32 heavy (non-hydrogen) atoms. The lowest BCUT2D eigenvalue weighted by atomic mass is 9.66. The first-order chi connectivity index (χ1) is 15.4. The number of hydrogen-bond donors (Lipinski definition) is 1. The van der Waals surface area contributed by atoms with Crippen LogP contribution in [0.2, 0.25) is 0 Å². The molecule has 1 saturated carbocycles. The molecule has 0 radical (unpaired) electrons. The molecule has 1 atom stereocenters. The Bertz CT molecular complexity index is 1120. The van der Waals surface area contributed by atoms with Crippen molar-refractivity contribution < 1.29 is 18.4 Å². The van der Waals surface area contributed by atoms with E-state index in [-0.39, 0.29) is 5.41 Å². The average molecular weight is 438 g/mol. The van der Waals surface area contributed by atoms with E-state index in [1.807, 2.05) is 24.3 Å². The standard InChI is InChI=1S/C24H24F2N4O2/c1-30-22(28)29-24(32-30)20-12-17(16-4-2-3-15(11-16)14-27)5-6-18(20)13-23(24)9-7-19(8-10-23)31-21(25)26/h2-6,11-12,19,21H,7-10,13H2,1H3,(H2,28,29)/t19?,23?,24-/m1/s1. The number of nitriles is 1. The summed E-state index contributed by atoms with van der Waals surface area (Å²) in [4.78, 5) is 11.2. The van der Waals surface area contributed by atoms with E-state index >= 15 is 0 Å². The molecular formula is C24H24F2N4O2. The fraction of sp³-hybridized carbons (Fsp3) is 0.417. The second-order valence-corrected chi connectivity index (χ2v) is 8.82. The molecule has 1 heterocycles. The van der Waals surface area contributed by atoms with E-state index in [2.05, 4.69) is 18.2 Å². The zero-order valence-corrected chi connectivity index (χ0v) is 17.7. The van der Waals surface area contributed by atoms with Gasteiger partial charge in [0.25, 0.3) is 0 Å². The molecule has 2 N–H and O–H groups in total. The Kier molecular flexibility index (Phi) is 4.91. The molecule has 6 nitrogen and oxygen atoms in total. The molecular weight excluding hydrogens is 414 g/mol. The molecule has 2 aromatic rings. The second kappa shape index (κ2) is 7.54. The summed E-state index contributed by atoms with van der Waals surface area (Å²) in [7, 11) is 1.73. The summed E-state index contributed by atoms with van der Waals surface area (Å²) >= 11 is 0. The van der Waals surface area contributed by atoms with Gasteiger partial charge in [0.15, 0.2) is 0 Å². The maximum absolute atomic E-state index is 12.7. The number of hydroxylamine groups is 2. The molecule has 0 bridgehead atoms. The smallest absolute Gasteiger partial charge is 0.345 e. The Morgan fingerprint density at radius 2 is 1.97 bits per heavy atom. The van der Waals surface area contributed by atoms with Crippen LogP contribution in [0.5, 0.6) is 0 Å². The number of aliphatic imine (C=N–C) groups is 1. The Balaban J connectivity index is 1.56. The molecule has 0 saturated heterocycles. The summed E-state index contributed by atoms with van der Waals surface area (Å²) in [5, 5.41) is 10.8. The van der Waals surface area contributed by atoms with Crippen molar-refractivity contribution in [1.82, 2.24) is 5.06 Å². The fourth-order valence-corrected chi connectivity index (χ4v) is 5.53. The van der Waals surface area contributed by atoms with Gasteiger partial charge in [-0.05, 0) is 67.0 Å². The van der Waals surface area contributed by atoms with Crippen LogP contribution in [0.25, 0.3) is 11.1 Å². The zero-order valence-electron chi connectivity index (χ0n) is 17.7. The lowest BCUT2D eigenvalue weighted by Crippen LogP contribution is -2.46. The van der Waals surface area contributed by atoms with Crippen molar-refractivity contribution in [1.29, 1.82) is 5.26 Å². The normalized spacial score (nSPS) is 28.9. The monoisotopic (exact) mass is 438 g/mol. The van der Waals surface area contributed by atoms with E-state index in [9.17, 15) is 14.0 Å². The Labute approximate surface area is 185 Å². The summed E-state index contributed by atoms with van der Waals surface area (Å²) in [5.74, 6) is 0.292. The highest BCUT2D eigenvalue weighted by molar-refractivity contribution is 5.79. The van der Waals surface area contributed by atoms with Gasteiger partial charge in [0.05, 0.1) is 17.7 Å². The van der Waals surface area contributed by atoms with Crippen LogP contribution in [0.4, 0.5) is 8.78 Å². The van der Waals surface area contributed by atoms with Crippen molar-refractivity contribution in [2.24, 2.45) is 16.1 Å². The molecule has 2 aliphatic carbocycles. The van der Waals surface area contributed by atoms with Gasteiger partial charge in [0.2, 0.25) is 11.7 Å². The largest absolute Gasteiger partial charge is 0.368 e. The van der Waals surface area contributed by atoms with E-state index in [0.717, 1.165) is 28.7 Å². The number of halogens is 2. The molecule has 0 aromatic heterocycles. The summed E-state index contributed by atoms with van der Waals surface area (Å²) in [5.41, 5.74) is 9.30. The second-order valence-electron chi connectivity index (χ2n) is 8.82. The predicted octanol–water partition coefficient (Wildman–Crippen LogP) is 4.29. The summed E-state index contributed by atoms with van der Waals surface area (Å²) in [6.07, 6.45) is 2.57. The minimum Gasteiger partial charge on any atom is -0.368 e. The number of benzene rings is 2. The van der Waals surface area contributed by atoms with Crippen molar-refractivity contribution in [3.05, 3.63) is 59.2 Å². The maximum Gasteiger partial charge on any atom is 0.345 e. The van der Waals surface area contributed by atoms with Gasteiger partial charge in [0, 0.05) is 18.0 Å². The number of fused-ring (bicyclic) bond motifs is 3. The summed E-state index contributed by atoms with van der Waals surface area (Å²) < 4.78 is 30.3. The molecule has 0 unspecified atom stereocenters. The van der Waals surface area contributed by atoms with Crippen LogP contribution in [0.1, 0.15) is 42.4 Å². The van der Waals surface area contributed by atoms with Gasteiger partial charge < -0.3 is 10.5 Å². The first-order valence-electron chi connectivity index (χ1n) is 10.7. The van der Waals surface area contributed by atoms with Crippen LogP contribution in [0, 0.1) is 16.7 Å². The van der Waals surface area contributed by atoms with E-state index in [1.54, 1.807) is 13.1 Å². The number of guanidine groups is 1. The van der Waals surface area contributed by atoms with Crippen LogP contribution >= 0.6 is 0 Å². The van der Waals surface area contributed by atoms with E-state index < -0.39 is 18.4 Å². The van der Waals surface area contributed by atoms with Crippen LogP contribution in [0.15, 0.2) is 47.5 Å². The van der Waals surface area contributed by atoms with E-state index in [1.165, 1.54) is 5.06 Å². The molecule has 1 fully saturated rings. The highest BCUT2D eigenvalue weighted by Gasteiger charge is 2.63. The van der Waals surface area contributed by atoms with Gasteiger partial charge >= 0.3 is 6.61 Å². The maximum atomic E-state index is 12.7. The van der Waals surface area contributed by atoms with Crippen LogP contribution in [0.3, 0.4) is 0 Å². The third-order valence-electron chi connectivity index (χ3n) is 7.10. The van der Waals surface area contributed by atoms with Gasteiger partial charge in [-0.15, -0.1) is 0 Å². The quantitative estimate of drug-likeness (QED) is 0.773. The Hall–Kier alpha value is -3.02. The van der Waals surface area contributed by atoms with Crippen LogP contribution < -0.4 is 5.73 Å². The van der Waals surface area contributed by atoms with E-state index in [0.29, 0.717) is 37.2 Å². The third-order valence-corrected chi connectivity index (χ3v) is 7.10. The Morgan fingerprint density at radius 1 is 1.22 bits per heavy atom. The molecule has 8 heteroatoms. The molecule has 1 aliphatic heterocycles. The molecule has 5 rings (SSSR count). The minimum absolute atomic E-state index is 0.292. The lowest BCUT2D eigenvalue weighted by Gasteiger charge is -2.45. The van der Waals surface area contributed by atoms with Gasteiger partial charge in [0.1, 0.15) is 0 Å². The highest BCUT2D eigenvalue weighted by atomic mass is 19.3. The van der Waals surface area contributed by atoms with Crippen molar-refractivity contribution >= 4 is 5.96 Å². The number of hydrogen-bond acceptors (Lipinski definition) is 6. The molecule has 3 aliphatic rings. The summed E-state index contributed by atoms with van der Waals surface area (Å²) in [6.45, 7) is -2.77. The van der Waals surface area contributed by atoms with Gasteiger partial charge in [-0.25, -0.2) is 14.9 Å². The van der Waals surface area contributed by atoms with Gasteiger partial charge in [-0.3, -0.25) is 0 Å². The van der Waals surface area contributed by atoms with Crippen LogP contribution in [-0.2, 0) is 21.7 Å². The first kappa shape index (κ1) is 20.9. The van der Waals surface area contributed by atoms with Crippen molar-refractivity contribution in [3.63, 3.8) is 0 Å². The minimum atomic E-state index is -2.77. The highest BCUT2D eigenvalue weighted by Crippen LogP contribution is 2.62. The third kappa shape index (κ3) is 3.15. The molecule has 166 valence electrons. The number of nitrogens with two attached hydrogens (primary N) is 1. The van der Waals surface area contributed by atoms with Crippen LogP contribution in [-0.4, -0.2) is 30.8 Å². The zero-order chi connectivity index (χ0) is 22.5. The average Bonchev–Trinajstić information content (AvgIpc) is 3.23. The summed E-state index contributed by atoms with van der Waals surface area (Å²) in [6, 6.07) is 15.8. The number of rotatable bonds is 3. The molecule has 0 amide bonds. The van der Waals surface area contributed by atoms with Crippen molar-refractivity contribution in [2.45, 2.75) is 50.5 Å². The molecule has 2 aromatic carbocycles. The fourth-order valence-electron chi connectivity index (χ4n) is 5.53. The van der Waals surface area contributed by atoms with Gasteiger partial charge in [-0.1, -0.05) is 24.3 Å². The number of ether oxygens (including phenoxy) is 1. The lowest BCUT2D eigenvalue weighted by molar-refractivity contribution is -0.239. The first-order valence-corrected chi connectivity index (χ1v) is 10.7. The number of nitrogens with zero attached hydrogens (tertiary/aromatic N) is 3.